The van der Waals surface area contributed by atoms with Crippen molar-refractivity contribution in [2.75, 3.05) is 35.7 Å². The van der Waals surface area contributed by atoms with E-state index in [-0.39, 0.29) is 54.1 Å². The predicted octanol–water partition coefficient (Wildman–Crippen LogP) is 4.75. The normalized spacial score (nSPS) is 15.7. The lowest BCUT2D eigenvalue weighted by Gasteiger charge is -2.27. The van der Waals surface area contributed by atoms with Crippen LogP contribution in [0.2, 0.25) is 0 Å². The Labute approximate surface area is 322 Å². The molecule has 288 valence electrons. The summed E-state index contributed by atoms with van der Waals surface area (Å²) in [7, 11) is 2.02. The number of hydrogen-bond acceptors (Lipinski definition) is 12. The number of ketones is 2. The minimum absolute atomic E-state index is 0.162. The van der Waals surface area contributed by atoms with Crippen molar-refractivity contribution in [1.29, 1.82) is 0 Å². The number of aromatic nitrogens is 5. The number of rotatable bonds is 14. The Hall–Kier alpha value is -6.48. The number of nitrogens with one attached hydrogen (secondary N) is 2. The summed E-state index contributed by atoms with van der Waals surface area (Å²) in [6, 6.07) is 17.2. The van der Waals surface area contributed by atoms with E-state index in [1.165, 1.54) is 10.9 Å². The van der Waals surface area contributed by atoms with Crippen LogP contribution in [0.1, 0.15) is 72.4 Å². The Balaban J connectivity index is 0.944. The second kappa shape index (κ2) is 15.3. The number of hydrogen-bond donors (Lipinski definition) is 3. The highest BCUT2D eigenvalue weighted by Gasteiger charge is 2.44. The van der Waals surface area contributed by atoms with E-state index < -0.39 is 23.5 Å². The Morgan fingerprint density at radius 1 is 0.964 bits per heavy atom. The molecule has 0 bridgehead atoms. The van der Waals surface area contributed by atoms with Crippen molar-refractivity contribution in [2.45, 2.75) is 64.1 Å². The average Bonchev–Trinajstić information content (AvgIpc) is 3.59. The van der Waals surface area contributed by atoms with E-state index in [0.29, 0.717) is 40.7 Å². The lowest BCUT2D eigenvalue weighted by atomic mass is 9.92. The molecule has 2 aliphatic rings. The molecular weight excluding hydrogens is 715 g/mol. The van der Waals surface area contributed by atoms with Gasteiger partial charge in [0.2, 0.25) is 5.95 Å². The molecule has 1 fully saturated rings. The maximum atomic E-state index is 13.3. The molecule has 0 radical (unpaired) electrons. The molecule has 1 unspecified atom stereocenters. The van der Waals surface area contributed by atoms with Gasteiger partial charge < -0.3 is 20.6 Å². The van der Waals surface area contributed by atoms with E-state index >= 15 is 0 Å². The summed E-state index contributed by atoms with van der Waals surface area (Å²) < 4.78 is 3.10. The summed E-state index contributed by atoms with van der Waals surface area (Å²) in [5.74, 6) is -0.813. The Bertz CT molecular complexity index is 2430. The van der Waals surface area contributed by atoms with Crippen LogP contribution in [0.3, 0.4) is 0 Å². The molecule has 2 aromatic carbocycles. The van der Waals surface area contributed by atoms with Crippen LogP contribution in [0, 0.1) is 0 Å². The molecule has 1 aliphatic carbocycles. The second-order valence-corrected chi connectivity index (χ2v) is 14.6. The van der Waals surface area contributed by atoms with E-state index in [9.17, 15) is 29.1 Å². The zero-order valence-electron chi connectivity index (χ0n) is 31.5. The number of carbonyl (C=O) groups is 4. The van der Waals surface area contributed by atoms with Gasteiger partial charge in [-0.05, 0) is 87.7 Å². The molecule has 15 heteroatoms. The maximum absolute atomic E-state index is 13.3. The summed E-state index contributed by atoms with van der Waals surface area (Å²) in [5, 5.41) is 17.5. The van der Waals surface area contributed by atoms with Crippen molar-refractivity contribution in [1.82, 2.24) is 29.2 Å². The minimum Gasteiger partial charge on any atom is -0.385 e. The summed E-state index contributed by atoms with van der Waals surface area (Å²) in [5.41, 5.74) is 2.35. The highest BCUT2D eigenvalue weighted by molar-refractivity contribution is 6.24. The molecule has 15 nitrogen and oxygen atoms in total. The average molecular weight is 758 g/mol. The molecule has 2 amide bonds. The van der Waals surface area contributed by atoms with Gasteiger partial charge in [-0.15, -0.1) is 6.58 Å². The third-order valence-corrected chi connectivity index (χ3v) is 10.0. The van der Waals surface area contributed by atoms with Gasteiger partial charge in [0.15, 0.2) is 17.2 Å². The zero-order valence-corrected chi connectivity index (χ0v) is 31.5. The first-order valence-corrected chi connectivity index (χ1v) is 18.5. The Morgan fingerprint density at radius 2 is 1.71 bits per heavy atom. The molecule has 56 heavy (non-hydrogen) atoms. The fourth-order valence-corrected chi connectivity index (χ4v) is 7.04. The summed E-state index contributed by atoms with van der Waals surface area (Å²) in [6.07, 6.45) is 4.96. The number of aliphatic hydroxyl groups is 1. The molecule has 1 atom stereocenters. The first kappa shape index (κ1) is 37.8. The quantitative estimate of drug-likeness (QED) is 0.0613. The zero-order chi connectivity index (χ0) is 39.7. The third kappa shape index (κ3) is 7.45. The molecule has 3 N–H and O–H groups in total. The van der Waals surface area contributed by atoms with Crippen molar-refractivity contribution >= 4 is 57.4 Å². The Kier molecular flexibility index (Phi) is 10.4. The van der Waals surface area contributed by atoms with Crippen LogP contribution >= 0.6 is 0 Å². The van der Waals surface area contributed by atoms with Crippen molar-refractivity contribution in [3.63, 3.8) is 0 Å². The van der Waals surface area contributed by atoms with Crippen LogP contribution in [-0.4, -0.2) is 83.9 Å². The number of nitrogens with zero attached hydrogens (tertiary/aromatic N) is 7. The van der Waals surface area contributed by atoms with E-state index in [1.54, 1.807) is 61.0 Å². The maximum Gasteiger partial charge on any atom is 0.278 e. The molecule has 4 heterocycles. The van der Waals surface area contributed by atoms with E-state index in [1.807, 2.05) is 31.3 Å². The SMILES string of the molecule is C=CCn1c(=O)c2cnc(Nc3ccc(N(C)CCCCNc4ccc5c(c4)C(=O)N(C4CCC(=O)CC4=O)C5=O)cc3)nc2n1-c1cccc(C(C)(C)O)n1. The summed E-state index contributed by atoms with van der Waals surface area (Å²) in [4.78, 5) is 80.5. The molecule has 3 aromatic heterocycles. The first-order valence-electron chi connectivity index (χ1n) is 18.5. The van der Waals surface area contributed by atoms with E-state index in [0.717, 1.165) is 35.7 Å². The number of fused-ring (bicyclic) bond motifs is 2. The van der Waals surface area contributed by atoms with Crippen LogP contribution in [0.25, 0.3) is 16.9 Å². The number of unbranched alkanes of at least 4 members (excludes halogenated alkanes) is 1. The van der Waals surface area contributed by atoms with Crippen LogP contribution in [-0.2, 0) is 21.7 Å². The van der Waals surface area contributed by atoms with Crippen LogP contribution in [0.4, 0.5) is 23.0 Å². The van der Waals surface area contributed by atoms with Crippen molar-refractivity contribution in [3.8, 4) is 5.82 Å². The van der Waals surface area contributed by atoms with Gasteiger partial charge in [-0.1, -0.05) is 12.1 Å². The number of imide groups is 1. The van der Waals surface area contributed by atoms with Crippen LogP contribution < -0.4 is 21.1 Å². The van der Waals surface area contributed by atoms with Crippen molar-refractivity contribution in [2.24, 2.45) is 0 Å². The highest BCUT2D eigenvalue weighted by atomic mass is 16.3. The van der Waals surface area contributed by atoms with E-state index in [4.69, 9.17) is 4.98 Å². The molecule has 0 saturated heterocycles. The number of pyridine rings is 1. The summed E-state index contributed by atoms with van der Waals surface area (Å²) in [6.45, 7) is 8.75. The molecular formula is C41H43N9O6. The molecule has 7 rings (SSSR count). The van der Waals surface area contributed by atoms with Gasteiger partial charge >= 0.3 is 0 Å². The van der Waals surface area contributed by atoms with Gasteiger partial charge in [-0.3, -0.25) is 28.9 Å². The molecule has 1 saturated carbocycles. The number of benzene rings is 2. The van der Waals surface area contributed by atoms with Gasteiger partial charge in [-0.2, -0.15) is 4.98 Å². The van der Waals surface area contributed by atoms with Crippen LogP contribution in [0.5, 0.6) is 0 Å². The lowest BCUT2D eigenvalue weighted by molar-refractivity contribution is -0.132. The standard InChI is InChI=1S/C41H43N9O6/c1-5-20-48-37(53)31-24-43-40(46-36(31)50(48)35-10-8-9-34(45-35)41(2,3)56)44-25-11-14-27(15-12-25)47(4)21-7-6-19-42-26-13-17-29-30(22-26)39(55)49(38(29)54)32-18-16-28(51)23-33(32)52/h5,8-15,17,22,24,32,42,56H,1,6-7,16,18-21,23H2,2-4H3,(H,43,44,46). The van der Waals surface area contributed by atoms with Gasteiger partial charge in [0, 0.05) is 49.8 Å². The van der Waals surface area contributed by atoms with Gasteiger partial charge in [0.1, 0.15) is 16.8 Å². The van der Waals surface area contributed by atoms with E-state index in [2.05, 4.69) is 32.1 Å². The minimum atomic E-state index is -1.19. The molecule has 0 spiro atoms. The number of allylic oxidation sites excluding steroid dienone is 1. The third-order valence-electron chi connectivity index (χ3n) is 10.0. The monoisotopic (exact) mass is 757 g/mol. The molecule has 1 aliphatic heterocycles. The fraction of sp³-hybridized carbons (Fsp3) is 0.317. The predicted molar refractivity (Wildman–Crippen MR) is 212 cm³/mol. The topological polar surface area (TPSA) is 185 Å². The second-order valence-electron chi connectivity index (χ2n) is 14.6. The fourth-order valence-electron chi connectivity index (χ4n) is 7.04. The molecule has 5 aromatic rings. The lowest BCUT2D eigenvalue weighted by Crippen LogP contribution is -2.47. The number of carbonyl (C=O) groups excluding carboxylic acids is 4. The van der Waals surface area contributed by atoms with Crippen molar-refractivity contribution in [3.05, 3.63) is 107 Å². The van der Waals surface area contributed by atoms with Gasteiger partial charge in [0.05, 0.1) is 35.8 Å². The van der Waals surface area contributed by atoms with Gasteiger partial charge in [0.25, 0.3) is 17.4 Å². The highest BCUT2D eigenvalue weighted by Crippen LogP contribution is 2.31. The number of Topliss-reactive ketones (excluding diaryl/α,β-unsaturated/α-hetero) is 2. The Morgan fingerprint density at radius 3 is 2.45 bits per heavy atom. The largest absolute Gasteiger partial charge is 0.385 e. The van der Waals surface area contributed by atoms with Crippen LogP contribution in [0.15, 0.2) is 84.3 Å². The number of amides is 2. The van der Waals surface area contributed by atoms with Crippen molar-refractivity contribution < 1.29 is 24.3 Å². The van der Waals surface area contributed by atoms with Gasteiger partial charge in [-0.25, -0.2) is 19.3 Å². The number of anilines is 4. The smallest absolute Gasteiger partial charge is 0.278 e. The first-order chi connectivity index (χ1) is 26.8. The summed E-state index contributed by atoms with van der Waals surface area (Å²) >= 11 is 0.